The number of carboxylic acid groups (broad SMARTS) is 2. The average molecular weight is 602 g/mol. The van der Waals surface area contributed by atoms with Crippen LogP contribution in [0, 0.1) is 5.92 Å². The van der Waals surface area contributed by atoms with Gasteiger partial charge in [0.25, 0.3) is 5.91 Å². The highest BCUT2D eigenvalue weighted by atomic mass is 35.5. The number of alkyl halides is 3. The minimum Gasteiger partial charge on any atom is -0.477 e. The molecule has 12 heteroatoms. The minimum absolute atomic E-state index is 0.112. The summed E-state index contributed by atoms with van der Waals surface area (Å²) in [5, 5.41) is 17.8. The van der Waals surface area contributed by atoms with Crippen molar-refractivity contribution in [3.8, 4) is 10.4 Å². The van der Waals surface area contributed by atoms with E-state index in [0.717, 1.165) is 36.1 Å². The van der Waals surface area contributed by atoms with Gasteiger partial charge in [-0.2, -0.15) is 13.2 Å². The van der Waals surface area contributed by atoms with Crippen LogP contribution in [0.3, 0.4) is 0 Å². The third-order valence-electron chi connectivity index (χ3n) is 6.25. The molecule has 0 spiro atoms. The van der Waals surface area contributed by atoms with Crippen molar-refractivity contribution in [2.45, 2.75) is 44.8 Å². The third kappa shape index (κ3) is 7.52. The summed E-state index contributed by atoms with van der Waals surface area (Å²) in [6, 6.07) is 16.1. The number of rotatable bonds is 5. The van der Waals surface area contributed by atoms with Crippen LogP contribution in [0.5, 0.6) is 0 Å². The smallest absolute Gasteiger partial charge is 0.477 e. The summed E-state index contributed by atoms with van der Waals surface area (Å²) in [5.41, 5.74) is 1.66. The molecular weight excluding hydrogens is 578 g/mol. The van der Waals surface area contributed by atoms with Crippen molar-refractivity contribution in [2.75, 3.05) is 4.90 Å². The van der Waals surface area contributed by atoms with Crippen LogP contribution in [0.15, 0.2) is 54.6 Å². The highest BCUT2D eigenvalue weighted by molar-refractivity contribution is 7.18. The summed E-state index contributed by atoms with van der Waals surface area (Å²) in [6.45, 7) is 2.12. The molecule has 4 rings (SSSR count). The molecular formula is C27H24Cl2F3NO5S. The SMILES string of the molecule is CC1CCCCC1N(C(=O)c1ccc(Cl)cc1Cl)c1cc(-c2ccccc2)sc1C(=O)O.O=C(O)C(F)(F)F. The lowest BCUT2D eigenvalue weighted by Gasteiger charge is -2.38. The number of aliphatic carboxylic acids is 1. The summed E-state index contributed by atoms with van der Waals surface area (Å²) in [6.07, 6.45) is -1.19. The number of halogens is 5. The second kappa shape index (κ2) is 12.8. The van der Waals surface area contributed by atoms with E-state index in [4.69, 9.17) is 33.1 Å². The Morgan fingerprint density at radius 2 is 1.59 bits per heavy atom. The molecule has 6 nitrogen and oxygen atoms in total. The molecule has 2 unspecified atom stereocenters. The third-order valence-corrected chi connectivity index (χ3v) is 7.95. The van der Waals surface area contributed by atoms with Crippen molar-refractivity contribution in [1.29, 1.82) is 0 Å². The largest absolute Gasteiger partial charge is 0.490 e. The molecule has 0 radical (unpaired) electrons. The van der Waals surface area contributed by atoms with Crippen LogP contribution in [0.1, 0.15) is 52.6 Å². The first-order valence-corrected chi connectivity index (χ1v) is 13.4. The van der Waals surface area contributed by atoms with Gasteiger partial charge in [0.2, 0.25) is 0 Å². The van der Waals surface area contributed by atoms with E-state index in [1.54, 1.807) is 23.1 Å². The molecule has 1 aromatic heterocycles. The van der Waals surface area contributed by atoms with Crippen LogP contribution >= 0.6 is 34.5 Å². The van der Waals surface area contributed by atoms with Crippen molar-refractivity contribution in [2.24, 2.45) is 5.92 Å². The molecule has 1 fully saturated rings. The fourth-order valence-corrected chi connectivity index (χ4v) is 5.85. The summed E-state index contributed by atoms with van der Waals surface area (Å²) in [4.78, 5) is 37.6. The number of carbonyl (C=O) groups is 3. The molecule has 1 heterocycles. The fraction of sp³-hybridized carbons (Fsp3) is 0.296. The van der Waals surface area contributed by atoms with E-state index < -0.39 is 18.1 Å². The number of aromatic carboxylic acids is 1. The Bertz CT molecular complexity index is 1350. The number of thiophene rings is 1. The molecule has 1 amide bonds. The van der Waals surface area contributed by atoms with E-state index in [9.17, 15) is 27.9 Å². The molecule has 2 N–H and O–H groups in total. The van der Waals surface area contributed by atoms with Gasteiger partial charge >= 0.3 is 18.1 Å². The lowest BCUT2D eigenvalue weighted by molar-refractivity contribution is -0.192. The second-order valence-electron chi connectivity index (χ2n) is 8.93. The van der Waals surface area contributed by atoms with Gasteiger partial charge in [-0.15, -0.1) is 11.3 Å². The van der Waals surface area contributed by atoms with Crippen LogP contribution < -0.4 is 4.90 Å². The maximum Gasteiger partial charge on any atom is 0.490 e. The number of nitrogens with zero attached hydrogens (tertiary/aromatic N) is 1. The first-order chi connectivity index (χ1) is 18.3. The molecule has 1 aliphatic rings. The van der Waals surface area contributed by atoms with Gasteiger partial charge in [-0.05, 0) is 48.6 Å². The zero-order chi connectivity index (χ0) is 28.9. The van der Waals surface area contributed by atoms with Crippen molar-refractivity contribution in [3.05, 3.63) is 75.1 Å². The number of hydrogen-bond donors (Lipinski definition) is 2. The van der Waals surface area contributed by atoms with Crippen molar-refractivity contribution in [1.82, 2.24) is 0 Å². The molecule has 2 aromatic carbocycles. The second-order valence-corrected chi connectivity index (χ2v) is 10.8. The van der Waals surface area contributed by atoms with E-state index in [2.05, 4.69) is 6.92 Å². The van der Waals surface area contributed by atoms with E-state index in [0.29, 0.717) is 16.3 Å². The maximum absolute atomic E-state index is 13.9. The zero-order valence-corrected chi connectivity index (χ0v) is 22.9. The summed E-state index contributed by atoms with van der Waals surface area (Å²) >= 11 is 13.6. The Labute approximate surface area is 236 Å². The topological polar surface area (TPSA) is 94.9 Å². The highest BCUT2D eigenvalue weighted by Crippen LogP contribution is 2.41. The molecule has 2 atom stereocenters. The van der Waals surface area contributed by atoms with Gasteiger partial charge in [0.1, 0.15) is 4.88 Å². The first kappa shape index (κ1) is 30.5. The Morgan fingerprint density at radius 1 is 0.974 bits per heavy atom. The molecule has 3 aromatic rings. The molecule has 0 saturated heterocycles. The molecule has 39 heavy (non-hydrogen) atoms. The minimum atomic E-state index is -5.08. The van der Waals surface area contributed by atoms with E-state index in [1.807, 2.05) is 36.4 Å². The number of carbonyl (C=O) groups excluding carboxylic acids is 1. The summed E-state index contributed by atoms with van der Waals surface area (Å²) < 4.78 is 31.7. The lowest BCUT2D eigenvalue weighted by atomic mass is 9.84. The highest BCUT2D eigenvalue weighted by Gasteiger charge is 2.38. The standard InChI is InChI=1S/C25H23Cl2NO3S.C2HF3O2/c1-15-7-5-6-10-20(15)28(24(29)18-12-11-17(26)13-19(18)27)21-14-22(32-23(21)25(30)31)16-8-3-2-4-9-16;3-2(4,5)1(6)7/h2-4,8-9,11-15,20H,5-7,10H2,1H3,(H,30,31);(H,6,7). The summed E-state index contributed by atoms with van der Waals surface area (Å²) in [7, 11) is 0. The zero-order valence-electron chi connectivity index (χ0n) is 20.5. The quantitative estimate of drug-likeness (QED) is 0.307. The van der Waals surface area contributed by atoms with E-state index in [1.165, 1.54) is 11.3 Å². The van der Waals surface area contributed by atoms with Crippen molar-refractivity contribution >= 4 is 58.1 Å². The van der Waals surface area contributed by atoms with Gasteiger partial charge < -0.3 is 15.1 Å². The monoisotopic (exact) mass is 601 g/mol. The molecule has 0 bridgehead atoms. The van der Waals surface area contributed by atoms with Crippen LogP contribution in [0.25, 0.3) is 10.4 Å². The molecule has 1 saturated carbocycles. The Kier molecular flexibility index (Phi) is 10.0. The van der Waals surface area contributed by atoms with Gasteiger partial charge in [0.15, 0.2) is 0 Å². The first-order valence-electron chi connectivity index (χ1n) is 11.8. The van der Waals surface area contributed by atoms with Crippen LogP contribution in [-0.4, -0.2) is 40.3 Å². The van der Waals surface area contributed by atoms with Gasteiger partial charge in [0, 0.05) is 15.9 Å². The molecule has 0 aliphatic heterocycles. The van der Waals surface area contributed by atoms with E-state index >= 15 is 0 Å². The summed E-state index contributed by atoms with van der Waals surface area (Å²) in [5.74, 6) is -3.87. The normalized spacial score (nSPS) is 17.1. The van der Waals surface area contributed by atoms with Gasteiger partial charge in [0.05, 0.1) is 16.3 Å². The average Bonchev–Trinajstić information content (AvgIpc) is 3.31. The predicted molar refractivity (Wildman–Crippen MR) is 145 cm³/mol. The van der Waals surface area contributed by atoms with Crippen LogP contribution in [0.4, 0.5) is 18.9 Å². The molecule has 1 aliphatic carbocycles. The lowest BCUT2D eigenvalue weighted by Crippen LogP contribution is -2.46. The Morgan fingerprint density at radius 3 is 2.13 bits per heavy atom. The number of benzene rings is 2. The number of hydrogen-bond acceptors (Lipinski definition) is 4. The number of amides is 1. The van der Waals surface area contributed by atoms with E-state index in [-0.39, 0.29) is 27.8 Å². The Hall–Kier alpha value is -3.08. The van der Waals surface area contributed by atoms with Crippen LogP contribution in [-0.2, 0) is 4.79 Å². The maximum atomic E-state index is 13.9. The van der Waals surface area contributed by atoms with Crippen LogP contribution in [0.2, 0.25) is 10.0 Å². The van der Waals surface area contributed by atoms with Gasteiger partial charge in [-0.25, -0.2) is 9.59 Å². The number of anilines is 1. The van der Waals surface area contributed by atoms with Gasteiger partial charge in [-0.3, -0.25) is 4.79 Å². The van der Waals surface area contributed by atoms with Crippen molar-refractivity contribution < 1.29 is 37.8 Å². The predicted octanol–water partition coefficient (Wildman–Crippen LogP) is 8.28. The van der Waals surface area contributed by atoms with Gasteiger partial charge in [-0.1, -0.05) is 73.3 Å². The molecule has 208 valence electrons. The Balaban J connectivity index is 0.000000532. The number of carboxylic acids is 2. The van der Waals surface area contributed by atoms with Crippen molar-refractivity contribution in [3.63, 3.8) is 0 Å². The fourth-order valence-electron chi connectivity index (χ4n) is 4.37.